The number of ether oxygens (including phenoxy) is 1. The molecule has 0 aromatic carbocycles. The second kappa shape index (κ2) is 9.30. The van der Waals surface area contributed by atoms with Crippen molar-refractivity contribution in [2.75, 3.05) is 6.54 Å². The lowest BCUT2D eigenvalue weighted by molar-refractivity contribution is -0.174. The Hall–Kier alpha value is -2.24. The highest BCUT2D eigenvalue weighted by molar-refractivity contribution is 6.38. The van der Waals surface area contributed by atoms with Crippen molar-refractivity contribution in [1.82, 2.24) is 9.88 Å². The van der Waals surface area contributed by atoms with Crippen LogP contribution in [0.2, 0.25) is 0 Å². The van der Waals surface area contributed by atoms with E-state index in [1.165, 1.54) is 4.90 Å². The first-order chi connectivity index (χ1) is 12.6. The zero-order chi connectivity index (χ0) is 20.2. The minimum Gasteiger partial charge on any atom is -0.458 e. The minimum absolute atomic E-state index is 0. The van der Waals surface area contributed by atoms with Crippen molar-refractivity contribution in [3.63, 3.8) is 0 Å². The molecule has 0 spiro atoms. The summed E-state index contributed by atoms with van der Waals surface area (Å²) in [6.07, 6.45) is 6.01. The molecular weight excluding hydrogens is 356 g/mol. The number of aromatic nitrogens is 1. The molecule has 28 heavy (non-hydrogen) atoms. The summed E-state index contributed by atoms with van der Waals surface area (Å²) in [6, 6.07) is 3.20. The van der Waals surface area contributed by atoms with Gasteiger partial charge in [0.25, 0.3) is 5.91 Å². The van der Waals surface area contributed by atoms with Gasteiger partial charge in [0.1, 0.15) is 11.6 Å². The van der Waals surface area contributed by atoms with Crippen LogP contribution in [0.1, 0.15) is 66.9 Å². The first-order valence-corrected chi connectivity index (χ1v) is 9.54. The molecule has 1 aliphatic rings. The third kappa shape index (κ3) is 5.63. The Morgan fingerprint density at radius 1 is 1.25 bits per heavy atom. The molecule has 6 heteroatoms. The Morgan fingerprint density at radius 2 is 1.93 bits per heavy atom. The largest absolute Gasteiger partial charge is 0.458 e. The highest BCUT2D eigenvalue weighted by Crippen LogP contribution is 2.28. The molecule has 6 nitrogen and oxygen atoms in total. The molecule has 0 N–H and O–H groups in total. The van der Waals surface area contributed by atoms with E-state index in [1.54, 1.807) is 26.2 Å². The number of esters is 1. The maximum absolute atomic E-state index is 12.6. The fraction of sp³-hybridized carbons (Fsp3) is 0.636. The molecule has 1 amide bonds. The van der Waals surface area contributed by atoms with Gasteiger partial charge in [-0.3, -0.25) is 14.6 Å². The van der Waals surface area contributed by atoms with Crippen LogP contribution in [-0.2, 0) is 25.5 Å². The maximum Gasteiger partial charge on any atom is 0.329 e. The van der Waals surface area contributed by atoms with E-state index in [9.17, 15) is 14.4 Å². The normalized spacial score (nSPS) is 16.6. The average molecular weight is 391 g/mol. The molecule has 2 heterocycles. The van der Waals surface area contributed by atoms with Crippen LogP contribution < -0.4 is 0 Å². The number of hydrogen-bond acceptors (Lipinski definition) is 5. The van der Waals surface area contributed by atoms with Gasteiger partial charge >= 0.3 is 5.97 Å². The highest BCUT2D eigenvalue weighted by atomic mass is 16.6. The van der Waals surface area contributed by atoms with Crippen LogP contribution in [0.4, 0.5) is 0 Å². The predicted octanol–water partition coefficient (Wildman–Crippen LogP) is 3.58. The molecule has 0 bridgehead atoms. The number of hydrogen-bond donors (Lipinski definition) is 0. The van der Waals surface area contributed by atoms with Crippen LogP contribution in [0.25, 0.3) is 0 Å². The second-order valence-electron chi connectivity index (χ2n) is 8.41. The molecule has 0 unspecified atom stereocenters. The fourth-order valence-electron chi connectivity index (χ4n) is 2.84. The minimum atomic E-state index is -0.718. The van der Waals surface area contributed by atoms with Crippen LogP contribution in [0.3, 0.4) is 0 Å². The number of rotatable bonds is 8. The molecule has 1 aliphatic heterocycles. The molecule has 1 fully saturated rings. The number of amides is 1. The summed E-state index contributed by atoms with van der Waals surface area (Å²) in [4.78, 5) is 42.9. The van der Waals surface area contributed by atoms with Gasteiger partial charge in [-0.25, -0.2) is 4.79 Å². The molecule has 2 rings (SSSR count). The fourth-order valence-corrected chi connectivity index (χ4v) is 2.84. The van der Waals surface area contributed by atoms with Gasteiger partial charge in [0.2, 0.25) is 5.78 Å². The number of carbonyl (C=O) groups excluding carboxylic acids is 3. The van der Waals surface area contributed by atoms with Crippen LogP contribution >= 0.6 is 0 Å². The van der Waals surface area contributed by atoms with Gasteiger partial charge in [0.15, 0.2) is 0 Å². The van der Waals surface area contributed by atoms with Crippen LogP contribution in [0.5, 0.6) is 0 Å². The number of aryl methyl sites for hydroxylation is 1. The van der Waals surface area contributed by atoms with Crippen molar-refractivity contribution in [3.05, 3.63) is 30.1 Å². The van der Waals surface area contributed by atoms with Crippen LogP contribution in [-0.4, -0.2) is 45.7 Å². The molecule has 1 aromatic rings. The smallest absolute Gasteiger partial charge is 0.329 e. The van der Waals surface area contributed by atoms with Gasteiger partial charge < -0.3 is 9.64 Å². The quantitative estimate of drug-likeness (QED) is 0.501. The second-order valence-corrected chi connectivity index (χ2v) is 8.41. The van der Waals surface area contributed by atoms with Gasteiger partial charge in [-0.05, 0) is 51.2 Å². The van der Waals surface area contributed by atoms with Gasteiger partial charge in [0.05, 0.1) is 0 Å². The highest BCUT2D eigenvalue weighted by Gasteiger charge is 2.45. The Kier molecular flexibility index (Phi) is 7.91. The standard InChI is InChI=1S/C21H30N2O4.CH4/c1-6-20(2,3)17(24)18(25)23-13-10-16(23)19(26)27-21(4,5)11-9-15-8-7-12-22-14-15;/h7-8,12,14,16H,6,9-11,13H2,1-5H3;1H4/t16-;/m0./s1. The lowest BCUT2D eigenvalue weighted by atomic mass is 9.83. The molecule has 0 saturated carbocycles. The first-order valence-electron chi connectivity index (χ1n) is 9.54. The zero-order valence-electron chi connectivity index (χ0n) is 16.9. The Morgan fingerprint density at radius 3 is 2.43 bits per heavy atom. The molecule has 1 saturated heterocycles. The molecule has 0 aliphatic carbocycles. The third-order valence-electron chi connectivity index (χ3n) is 5.36. The number of pyridine rings is 1. The molecule has 1 aromatic heterocycles. The summed E-state index contributed by atoms with van der Waals surface area (Å²) in [7, 11) is 0. The number of ketones is 1. The van der Waals surface area contributed by atoms with E-state index >= 15 is 0 Å². The topological polar surface area (TPSA) is 76.6 Å². The first kappa shape index (κ1) is 23.8. The lowest BCUT2D eigenvalue weighted by Crippen LogP contribution is -2.59. The van der Waals surface area contributed by atoms with Crippen LogP contribution in [0.15, 0.2) is 24.5 Å². The van der Waals surface area contributed by atoms with Crippen LogP contribution in [0, 0.1) is 5.41 Å². The van der Waals surface area contributed by atoms with Gasteiger partial charge in [-0.1, -0.05) is 34.3 Å². The molecular formula is C22H34N2O4. The number of likely N-dealkylation sites (tertiary alicyclic amines) is 1. The predicted molar refractivity (Wildman–Crippen MR) is 109 cm³/mol. The molecule has 0 radical (unpaired) electrons. The van der Waals surface area contributed by atoms with E-state index < -0.39 is 34.7 Å². The maximum atomic E-state index is 12.6. The lowest BCUT2D eigenvalue weighted by Gasteiger charge is -2.41. The number of Topliss-reactive ketones (excluding diaryl/α,β-unsaturated/α-hetero) is 1. The van der Waals surface area contributed by atoms with E-state index in [4.69, 9.17) is 4.74 Å². The van der Waals surface area contributed by atoms with Gasteiger partial charge in [0, 0.05) is 24.4 Å². The van der Waals surface area contributed by atoms with E-state index in [1.807, 2.05) is 32.9 Å². The van der Waals surface area contributed by atoms with Crippen molar-refractivity contribution < 1.29 is 19.1 Å². The van der Waals surface area contributed by atoms with Gasteiger partial charge in [-0.2, -0.15) is 0 Å². The van der Waals surface area contributed by atoms with E-state index in [0.717, 1.165) is 12.0 Å². The average Bonchev–Trinajstić information content (AvgIpc) is 2.58. The van der Waals surface area contributed by atoms with Crippen molar-refractivity contribution >= 4 is 17.7 Å². The van der Waals surface area contributed by atoms with Crippen molar-refractivity contribution in [3.8, 4) is 0 Å². The van der Waals surface area contributed by atoms with E-state index in [0.29, 0.717) is 25.8 Å². The van der Waals surface area contributed by atoms with Gasteiger partial charge in [-0.15, -0.1) is 0 Å². The summed E-state index contributed by atoms with van der Waals surface area (Å²) in [5.74, 6) is -1.46. The zero-order valence-corrected chi connectivity index (χ0v) is 16.9. The summed E-state index contributed by atoms with van der Waals surface area (Å²) in [5, 5.41) is 0. The summed E-state index contributed by atoms with van der Waals surface area (Å²) in [6.45, 7) is 9.51. The van der Waals surface area contributed by atoms with Crippen molar-refractivity contribution in [2.24, 2.45) is 5.41 Å². The Labute approximate surface area is 168 Å². The monoisotopic (exact) mass is 390 g/mol. The Bertz CT molecular complexity index is 698. The van der Waals surface area contributed by atoms with Crippen molar-refractivity contribution in [1.29, 1.82) is 0 Å². The molecule has 156 valence electrons. The third-order valence-corrected chi connectivity index (χ3v) is 5.36. The van der Waals surface area contributed by atoms with Crippen molar-refractivity contribution in [2.45, 2.75) is 79.4 Å². The van der Waals surface area contributed by atoms with E-state index in [-0.39, 0.29) is 7.43 Å². The SMILES string of the molecule is C.CCC(C)(C)C(=O)C(=O)N1CC[C@H]1C(=O)OC(C)(C)CCc1cccnc1. The summed E-state index contributed by atoms with van der Waals surface area (Å²) in [5.41, 5.74) is -0.303. The Balaban J connectivity index is 0.00000392. The summed E-state index contributed by atoms with van der Waals surface area (Å²) < 4.78 is 5.67. The summed E-state index contributed by atoms with van der Waals surface area (Å²) >= 11 is 0. The van der Waals surface area contributed by atoms with E-state index in [2.05, 4.69) is 4.98 Å². The number of nitrogens with zero attached hydrogens (tertiary/aromatic N) is 2. The molecule has 1 atom stereocenters. The number of carbonyl (C=O) groups is 3.